The van der Waals surface area contributed by atoms with E-state index in [1.165, 1.54) is 19.3 Å². The van der Waals surface area contributed by atoms with Crippen LogP contribution in [0.2, 0.25) is 0 Å². The van der Waals surface area contributed by atoms with Crippen molar-refractivity contribution in [2.24, 2.45) is 10.9 Å². The lowest BCUT2D eigenvalue weighted by Gasteiger charge is -2.31. The number of amidine groups is 1. The standard InChI is InChI=1S/C14H21N3OS/c1-2-19-12-8-6-7-11(13(12)14(15)16-18)17-9-4-3-5-10-17/h6-8,18H,2-5,9-10H2,1H3,(H2,15,16). The zero-order valence-electron chi connectivity index (χ0n) is 11.3. The molecule has 2 rings (SSSR count). The van der Waals surface area contributed by atoms with Crippen molar-refractivity contribution in [3.05, 3.63) is 23.8 Å². The highest BCUT2D eigenvalue weighted by Crippen LogP contribution is 2.32. The second-order valence-corrected chi connectivity index (χ2v) is 5.92. The maximum Gasteiger partial charge on any atom is 0.173 e. The topological polar surface area (TPSA) is 61.8 Å². The van der Waals surface area contributed by atoms with Crippen molar-refractivity contribution in [1.29, 1.82) is 0 Å². The Kier molecular flexibility index (Phi) is 4.96. The van der Waals surface area contributed by atoms with Crippen LogP contribution in [0.25, 0.3) is 0 Å². The first kappa shape index (κ1) is 14.1. The normalized spacial score (nSPS) is 16.7. The summed E-state index contributed by atoms with van der Waals surface area (Å²) in [5, 5.41) is 12.3. The van der Waals surface area contributed by atoms with Gasteiger partial charge in [-0.1, -0.05) is 18.1 Å². The fourth-order valence-corrected chi connectivity index (χ4v) is 3.34. The maximum absolute atomic E-state index is 9.04. The Morgan fingerprint density at radius 2 is 2.11 bits per heavy atom. The number of hydrogen-bond donors (Lipinski definition) is 2. The number of nitrogens with two attached hydrogens (primary N) is 1. The first-order chi connectivity index (χ1) is 9.27. The maximum atomic E-state index is 9.04. The summed E-state index contributed by atoms with van der Waals surface area (Å²) in [5.41, 5.74) is 7.86. The van der Waals surface area contributed by atoms with Crippen LogP contribution >= 0.6 is 11.8 Å². The van der Waals surface area contributed by atoms with Crippen molar-refractivity contribution < 1.29 is 5.21 Å². The summed E-state index contributed by atoms with van der Waals surface area (Å²) in [6.45, 7) is 4.20. The fraction of sp³-hybridized carbons (Fsp3) is 0.500. The van der Waals surface area contributed by atoms with Gasteiger partial charge in [0, 0.05) is 23.7 Å². The van der Waals surface area contributed by atoms with Gasteiger partial charge in [-0.05, 0) is 37.1 Å². The number of rotatable bonds is 4. The summed E-state index contributed by atoms with van der Waals surface area (Å²) in [5.74, 6) is 1.17. The van der Waals surface area contributed by atoms with Crippen LogP contribution in [0.15, 0.2) is 28.3 Å². The molecular weight excluding hydrogens is 258 g/mol. The first-order valence-electron chi connectivity index (χ1n) is 6.76. The average molecular weight is 279 g/mol. The molecule has 0 aromatic heterocycles. The van der Waals surface area contributed by atoms with Crippen LogP contribution in [0.5, 0.6) is 0 Å². The Balaban J connectivity index is 2.43. The van der Waals surface area contributed by atoms with Gasteiger partial charge in [0.15, 0.2) is 5.84 Å². The van der Waals surface area contributed by atoms with E-state index < -0.39 is 0 Å². The minimum Gasteiger partial charge on any atom is -0.409 e. The molecule has 104 valence electrons. The molecular formula is C14H21N3OS. The van der Waals surface area contributed by atoms with Gasteiger partial charge in [0.1, 0.15) is 0 Å². The Labute approximate surface area is 118 Å². The minimum atomic E-state index is 0.206. The summed E-state index contributed by atoms with van der Waals surface area (Å²) in [6.07, 6.45) is 3.71. The monoisotopic (exact) mass is 279 g/mol. The van der Waals surface area contributed by atoms with E-state index in [0.717, 1.165) is 35.0 Å². The number of anilines is 1. The van der Waals surface area contributed by atoms with Gasteiger partial charge >= 0.3 is 0 Å². The van der Waals surface area contributed by atoms with Crippen molar-refractivity contribution in [3.8, 4) is 0 Å². The highest BCUT2D eigenvalue weighted by Gasteiger charge is 2.19. The predicted octanol–water partition coefficient (Wildman–Crippen LogP) is 2.88. The largest absolute Gasteiger partial charge is 0.409 e. The van der Waals surface area contributed by atoms with Crippen LogP contribution in [-0.2, 0) is 0 Å². The number of nitrogens with zero attached hydrogens (tertiary/aromatic N) is 2. The number of oxime groups is 1. The van der Waals surface area contributed by atoms with Gasteiger partial charge in [-0.15, -0.1) is 11.8 Å². The summed E-state index contributed by atoms with van der Waals surface area (Å²) in [4.78, 5) is 3.43. The van der Waals surface area contributed by atoms with Gasteiger partial charge in [-0.3, -0.25) is 0 Å². The lowest BCUT2D eigenvalue weighted by Crippen LogP contribution is -2.32. The lowest BCUT2D eigenvalue weighted by atomic mass is 10.1. The predicted molar refractivity (Wildman–Crippen MR) is 81.4 cm³/mol. The van der Waals surface area contributed by atoms with Crippen molar-refractivity contribution in [1.82, 2.24) is 0 Å². The molecule has 0 aliphatic carbocycles. The van der Waals surface area contributed by atoms with E-state index in [-0.39, 0.29) is 5.84 Å². The molecule has 4 nitrogen and oxygen atoms in total. The Morgan fingerprint density at radius 3 is 2.74 bits per heavy atom. The summed E-state index contributed by atoms with van der Waals surface area (Å²) in [6, 6.07) is 6.16. The smallest absolute Gasteiger partial charge is 0.173 e. The van der Waals surface area contributed by atoms with Gasteiger partial charge in [-0.25, -0.2) is 0 Å². The average Bonchev–Trinajstić information content (AvgIpc) is 2.47. The van der Waals surface area contributed by atoms with Crippen molar-refractivity contribution in [3.63, 3.8) is 0 Å². The van der Waals surface area contributed by atoms with Gasteiger partial charge in [0.2, 0.25) is 0 Å². The van der Waals surface area contributed by atoms with Crippen molar-refractivity contribution >= 4 is 23.3 Å². The summed E-state index contributed by atoms with van der Waals surface area (Å²) < 4.78 is 0. The molecule has 1 aromatic rings. The molecule has 5 heteroatoms. The van der Waals surface area contributed by atoms with Gasteiger partial charge in [0.05, 0.1) is 5.56 Å². The Morgan fingerprint density at radius 1 is 1.37 bits per heavy atom. The third kappa shape index (κ3) is 3.15. The number of hydrogen-bond acceptors (Lipinski definition) is 4. The molecule has 0 atom stereocenters. The van der Waals surface area contributed by atoms with Crippen LogP contribution in [0.1, 0.15) is 31.7 Å². The minimum absolute atomic E-state index is 0.206. The molecule has 1 aromatic carbocycles. The third-order valence-electron chi connectivity index (χ3n) is 3.36. The van der Waals surface area contributed by atoms with E-state index in [2.05, 4.69) is 29.1 Å². The lowest BCUT2D eigenvalue weighted by molar-refractivity contribution is 0.318. The number of piperidine rings is 1. The van der Waals surface area contributed by atoms with Crippen LogP contribution < -0.4 is 10.6 Å². The van der Waals surface area contributed by atoms with Crippen molar-refractivity contribution in [2.75, 3.05) is 23.7 Å². The van der Waals surface area contributed by atoms with E-state index in [0.29, 0.717) is 0 Å². The van der Waals surface area contributed by atoms with Crippen LogP contribution in [0.4, 0.5) is 5.69 Å². The highest BCUT2D eigenvalue weighted by atomic mass is 32.2. The van der Waals surface area contributed by atoms with Gasteiger partial charge in [-0.2, -0.15) is 0 Å². The highest BCUT2D eigenvalue weighted by molar-refractivity contribution is 7.99. The molecule has 0 radical (unpaired) electrons. The van der Waals surface area contributed by atoms with Gasteiger partial charge in [0.25, 0.3) is 0 Å². The molecule has 3 N–H and O–H groups in total. The Hall–Kier alpha value is -1.36. The third-order valence-corrected chi connectivity index (χ3v) is 4.30. The van der Waals surface area contributed by atoms with Crippen LogP contribution in [0.3, 0.4) is 0 Å². The molecule has 0 bridgehead atoms. The molecule has 0 spiro atoms. The van der Waals surface area contributed by atoms with E-state index >= 15 is 0 Å². The molecule has 0 saturated carbocycles. The number of thioether (sulfide) groups is 1. The molecule has 19 heavy (non-hydrogen) atoms. The van der Waals surface area contributed by atoms with E-state index in [1.54, 1.807) is 11.8 Å². The van der Waals surface area contributed by atoms with E-state index in [9.17, 15) is 0 Å². The summed E-state index contributed by atoms with van der Waals surface area (Å²) in [7, 11) is 0. The SMILES string of the molecule is CCSc1cccc(N2CCCCC2)c1/C(N)=N/O. The molecule has 0 unspecified atom stereocenters. The zero-order valence-corrected chi connectivity index (χ0v) is 12.1. The molecule has 1 saturated heterocycles. The molecule has 1 aliphatic rings. The second kappa shape index (κ2) is 6.70. The van der Waals surface area contributed by atoms with Crippen LogP contribution in [-0.4, -0.2) is 29.9 Å². The van der Waals surface area contributed by atoms with Crippen LogP contribution in [0, 0.1) is 0 Å². The Bertz CT molecular complexity index is 456. The van der Waals surface area contributed by atoms with Gasteiger partial charge < -0.3 is 15.8 Å². The molecule has 1 heterocycles. The second-order valence-electron chi connectivity index (χ2n) is 4.62. The molecule has 1 fully saturated rings. The van der Waals surface area contributed by atoms with E-state index in [4.69, 9.17) is 10.9 Å². The zero-order chi connectivity index (χ0) is 13.7. The number of benzene rings is 1. The fourth-order valence-electron chi connectivity index (χ4n) is 2.50. The first-order valence-corrected chi connectivity index (χ1v) is 7.75. The summed E-state index contributed by atoms with van der Waals surface area (Å²) >= 11 is 1.73. The molecule has 1 aliphatic heterocycles. The molecule has 0 amide bonds. The van der Waals surface area contributed by atoms with Crippen molar-refractivity contribution in [2.45, 2.75) is 31.1 Å². The van der Waals surface area contributed by atoms with E-state index in [1.807, 2.05) is 6.07 Å². The quantitative estimate of drug-likeness (QED) is 0.292.